The molecule has 4 rings (SSSR count). The number of pyridine rings is 1. The van der Waals surface area contributed by atoms with Crippen molar-refractivity contribution in [3.05, 3.63) is 72.3 Å². The summed E-state index contributed by atoms with van der Waals surface area (Å²) in [5.74, 6) is -0.161. The molecule has 0 saturated carbocycles. The van der Waals surface area contributed by atoms with Crippen molar-refractivity contribution in [2.24, 2.45) is 7.05 Å². The summed E-state index contributed by atoms with van der Waals surface area (Å²) in [5.41, 5.74) is 6.59. The molecule has 30 heavy (non-hydrogen) atoms. The molecule has 3 aromatic heterocycles. The van der Waals surface area contributed by atoms with Crippen LogP contribution in [0.1, 0.15) is 19.4 Å². The molecule has 0 aliphatic carbocycles. The first-order valence-electron chi connectivity index (χ1n) is 9.41. The van der Waals surface area contributed by atoms with E-state index in [1.165, 1.54) is 0 Å². The number of hydrogen-bond donors (Lipinski definition) is 1. The second-order valence-corrected chi connectivity index (χ2v) is 7.30. The number of aromatic nitrogens is 4. The average molecular weight is 396 g/mol. The molecule has 0 atom stereocenters. The fraction of sp³-hybridized carbons (Fsp3) is 0.130. The summed E-state index contributed by atoms with van der Waals surface area (Å²) < 4.78 is 3.47. The highest BCUT2D eigenvalue weighted by Gasteiger charge is 2.14. The maximum Gasteiger partial charge on any atom is 0.248 e. The highest BCUT2D eigenvalue weighted by atomic mass is 16.1. The summed E-state index contributed by atoms with van der Waals surface area (Å²) in [5, 5.41) is 21.0. The van der Waals surface area contributed by atoms with Gasteiger partial charge in [0.05, 0.1) is 23.5 Å². The molecule has 0 aliphatic rings. The van der Waals surface area contributed by atoms with Gasteiger partial charge in [-0.25, -0.2) is 4.52 Å². The van der Waals surface area contributed by atoms with Gasteiger partial charge in [-0.15, -0.1) is 0 Å². The van der Waals surface area contributed by atoms with E-state index in [1.54, 1.807) is 27.7 Å². The lowest BCUT2D eigenvalue weighted by atomic mass is 10.00. The van der Waals surface area contributed by atoms with Crippen LogP contribution in [0.3, 0.4) is 0 Å². The van der Waals surface area contributed by atoms with Gasteiger partial charge in [-0.1, -0.05) is 17.7 Å². The largest absolute Gasteiger partial charge is 0.323 e. The summed E-state index contributed by atoms with van der Waals surface area (Å²) in [6, 6.07) is 11.8. The number of aryl methyl sites for hydroxylation is 1. The van der Waals surface area contributed by atoms with Crippen LogP contribution < -0.4 is 5.32 Å². The van der Waals surface area contributed by atoms with Crippen molar-refractivity contribution < 1.29 is 4.79 Å². The minimum Gasteiger partial charge on any atom is -0.323 e. The zero-order valence-corrected chi connectivity index (χ0v) is 16.9. The number of hydrogen-bond acceptors (Lipinski definition) is 4. The van der Waals surface area contributed by atoms with E-state index in [-0.39, 0.29) is 5.91 Å². The molecule has 0 radical (unpaired) electrons. The van der Waals surface area contributed by atoms with Crippen molar-refractivity contribution in [2.75, 3.05) is 5.32 Å². The Morgan fingerprint density at radius 1 is 1.07 bits per heavy atom. The van der Waals surface area contributed by atoms with Gasteiger partial charge in [-0.2, -0.15) is 15.5 Å². The van der Waals surface area contributed by atoms with Gasteiger partial charge in [-0.05, 0) is 37.6 Å². The van der Waals surface area contributed by atoms with Crippen LogP contribution in [-0.2, 0) is 11.8 Å². The van der Waals surface area contributed by atoms with E-state index in [0.717, 1.165) is 33.3 Å². The molecular weight excluding hydrogens is 376 g/mol. The predicted octanol–water partition coefficient (Wildman–Crippen LogP) is 4.18. The maximum atomic E-state index is 12.0. The summed E-state index contributed by atoms with van der Waals surface area (Å²) in [6.45, 7) is 3.75. The molecule has 0 bridgehead atoms. The number of nitriles is 1. The van der Waals surface area contributed by atoms with Crippen molar-refractivity contribution in [2.45, 2.75) is 13.8 Å². The highest BCUT2D eigenvalue weighted by molar-refractivity contribution is 6.00. The Hall–Kier alpha value is -4.18. The van der Waals surface area contributed by atoms with Gasteiger partial charge < -0.3 is 5.32 Å². The second-order valence-electron chi connectivity index (χ2n) is 7.30. The first-order chi connectivity index (χ1) is 14.4. The molecule has 0 spiro atoms. The fourth-order valence-electron chi connectivity index (χ4n) is 3.33. The molecule has 4 aromatic rings. The van der Waals surface area contributed by atoms with Crippen LogP contribution in [-0.4, -0.2) is 25.3 Å². The summed E-state index contributed by atoms with van der Waals surface area (Å²) in [7, 11) is 1.87. The number of rotatable bonds is 4. The third-order valence-corrected chi connectivity index (χ3v) is 4.65. The first-order valence-corrected chi connectivity index (χ1v) is 9.41. The lowest BCUT2D eigenvalue weighted by molar-refractivity contribution is -0.111. The van der Waals surface area contributed by atoms with E-state index in [4.69, 9.17) is 0 Å². The number of allylic oxidation sites excluding steroid dienone is 1. The van der Waals surface area contributed by atoms with Gasteiger partial charge in [0.25, 0.3) is 0 Å². The van der Waals surface area contributed by atoms with Gasteiger partial charge in [0.2, 0.25) is 5.91 Å². The summed E-state index contributed by atoms with van der Waals surface area (Å²) in [6.07, 6.45) is 8.74. The number of carbonyl (C=O) groups excluding carboxylic acids is 1. The van der Waals surface area contributed by atoms with Crippen LogP contribution in [0.5, 0.6) is 0 Å². The quantitative estimate of drug-likeness (QED) is 0.524. The van der Waals surface area contributed by atoms with Crippen LogP contribution in [0.2, 0.25) is 0 Å². The minimum atomic E-state index is -0.161. The smallest absolute Gasteiger partial charge is 0.248 e. The molecule has 7 nitrogen and oxygen atoms in total. The van der Waals surface area contributed by atoms with Crippen LogP contribution in [0.25, 0.3) is 27.8 Å². The number of fused-ring (bicyclic) bond motifs is 1. The van der Waals surface area contributed by atoms with Gasteiger partial charge in [0.15, 0.2) is 0 Å². The molecule has 0 fully saturated rings. The molecule has 3 heterocycles. The molecule has 0 unspecified atom stereocenters. The Balaban J connectivity index is 1.79. The maximum absolute atomic E-state index is 12.0. The topological polar surface area (TPSA) is 88.0 Å². The Morgan fingerprint density at radius 2 is 1.83 bits per heavy atom. The lowest BCUT2D eigenvalue weighted by Crippen LogP contribution is -2.08. The van der Waals surface area contributed by atoms with Crippen molar-refractivity contribution in [1.82, 2.24) is 19.4 Å². The van der Waals surface area contributed by atoms with E-state index < -0.39 is 0 Å². The number of amides is 1. The molecule has 1 N–H and O–H groups in total. The van der Waals surface area contributed by atoms with Crippen LogP contribution in [0, 0.1) is 11.3 Å². The normalized spacial score (nSPS) is 10.6. The average Bonchev–Trinajstić information content (AvgIpc) is 3.33. The van der Waals surface area contributed by atoms with Gasteiger partial charge >= 0.3 is 0 Å². The van der Waals surface area contributed by atoms with Crippen LogP contribution in [0.4, 0.5) is 5.69 Å². The SMILES string of the molecule is CC(C)=CC(=O)Nc1ccc(-c2cc(-c3cnn(C)c3)cn3ncc(C#N)c23)cc1. The number of benzene rings is 1. The Kier molecular flexibility index (Phi) is 4.90. The fourth-order valence-corrected chi connectivity index (χ4v) is 3.33. The van der Waals surface area contributed by atoms with Crippen molar-refractivity contribution in [1.29, 1.82) is 5.26 Å². The molecule has 1 amide bonds. The van der Waals surface area contributed by atoms with E-state index in [9.17, 15) is 10.1 Å². The zero-order chi connectivity index (χ0) is 21.3. The Labute approximate surface area is 173 Å². The monoisotopic (exact) mass is 396 g/mol. The molecule has 148 valence electrons. The number of anilines is 1. The van der Waals surface area contributed by atoms with Crippen molar-refractivity contribution >= 4 is 17.1 Å². The highest BCUT2D eigenvalue weighted by Crippen LogP contribution is 2.32. The predicted molar refractivity (Wildman–Crippen MR) is 116 cm³/mol. The zero-order valence-electron chi connectivity index (χ0n) is 16.9. The summed E-state index contributed by atoms with van der Waals surface area (Å²) >= 11 is 0. The molecule has 7 heteroatoms. The van der Waals surface area contributed by atoms with E-state index in [0.29, 0.717) is 11.3 Å². The van der Waals surface area contributed by atoms with E-state index in [2.05, 4.69) is 21.6 Å². The first kappa shape index (κ1) is 19.2. The van der Waals surface area contributed by atoms with Crippen molar-refractivity contribution in [3.8, 4) is 28.3 Å². The Morgan fingerprint density at radius 3 is 2.47 bits per heavy atom. The van der Waals surface area contributed by atoms with E-state index in [1.807, 2.05) is 63.6 Å². The van der Waals surface area contributed by atoms with Crippen LogP contribution >= 0.6 is 0 Å². The number of nitrogens with one attached hydrogen (secondary N) is 1. The van der Waals surface area contributed by atoms with Crippen molar-refractivity contribution in [3.63, 3.8) is 0 Å². The second kappa shape index (κ2) is 7.68. The van der Waals surface area contributed by atoms with Gasteiger partial charge in [0.1, 0.15) is 6.07 Å². The third-order valence-electron chi connectivity index (χ3n) is 4.65. The standard InChI is InChI=1S/C23H20N6O/c1-15(2)8-22(30)27-20-6-4-16(5-7-20)21-9-17(19-12-25-28(3)13-19)14-29-23(21)18(10-24)11-26-29/h4-9,11-14H,1-3H3,(H,27,30). The van der Waals surface area contributed by atoms with Gasteiger partial charge in [-0.3, -0.25) is 9.48 Å². The molecule has 1 aromatic carbocycles. The molecule has 0 saturated heterocycles. The third kappa shape index (κ3) is 3.71. The minimum absolute atomic E-state index is 0.161. The molecular formula is C23H20N6O. The van der Waals surface area contributed by atoms with E-state index >= 15 is 0 Å². The Bertz CT molecular complexity index is 1310. The molecule has 0 aliphatic heterocycles. The van der Waals surface area contributed by atoms with Gasteiger partial charge in [0, 0.05) is 47.9 Å². The lowest BCUT2D eigenvalue weighted by Gasteiger charge is -2.10. The van der Waals surface area contributed by atoms with Crippen LogP contribution in [0.15, 0.2) is 66.8 Å². The summed E-state index contributed by atoms with van der Waals surface area (Å²) in [4.78, 5) is 12.0. The number of nitrogens with zero attached hydrogens (tertiary/aromatic N) is 5. The number of carbonyl (C=O) groups is 1.